The number of esters is 1. The Bertz CT molecular complexity index is 1320. The lowest BCUT2D eigenvalue weighted by atomic mass is 10.1. The molecule has 1 N–H and O–H groups in total. The Morgan fingerprint density at radius 3 is 2.57 bits per heavy atom. The molecule has 0 atom stereocenters. The number of methoxy groups -OCH3 is 1. The quantitative estimate of drug-likeness (QED) is 0.358. The van der Waals surface area contributed by atoms with E-state index in [-0.39, 0.29) is 38.6 Å². The van der Waals surface area contributed by atoms with E-state index >= 15 is 0 Å². The van der Waals surface area contributed by atoms with E-state index in [9.17, 15) is 19.5 Å². The fourth-order valence-electron chi connectivity index (χ4n) is 3.31. The monoisotopic (exact) mass is 509 g/mol. The Kier molecular flexibility index (Phi) is 6.99. The van der Waals surface area contributed by atoms with Crippen LogP contribution in [0.5, 0.6) is 11.5 Å². The highest BCUT2D eigenvalue weighted by Crippen LogP contribution is 2.37. The first-order chi connectivity index (χ1) is 16.8. The Labute approximate surface area is 210 Å². The Morgan fingerprint density at radius 1 is 1.14 bits per heavy atom. The summed E-state index contributed by atoms with van der Waals surface area (Å²) < 4.78 is 10.3. The van der Waals surface area contributed by atoms with Gasteiger partial charge in [-0.25, -0.2) is 4.79 Å². The lowest BCUT2D eigenvalue weighted by Crippen LogP contribution is -2.28. The average Bonchev–Trinajstić information content (AvgIpc) is 3.32. The molecule has 178 valence electrons. The Morgan fingerprint density at radius 2 is 1.89 bits per heavy atom. The van der Waals surface area contributed by atoms with Crippen molar-refractivity contribution >= 4 is 63.6 Å². The standard InChI is InChI=1S/C24H19N3O6S2/c1-3-33-23(31)19-16(21(29)27(25-19)15-9-5-4-6-10-15)13-26-22(30)18(35-24(26)34)12-14-8-7-11-17(32-2)20(14)28/h4-13,28H,3H2,1-2H3/b16-13?,18-12-. The van der Waals surface area contributed by atoms with Crippen LogP contribution in [0.4, 0.5) is 5.69 Å². The molecule has 0 aromatic heterocycles. The molecule has 2 aliphatic rings. The van der Waals surface area contributed by atoms with Gasteiger partial charge in [0.25, 0.3) is 11.8 Å². The fraction of sp³-hybridized carbons (Fsp3) is 0.125. The van der Waals surface area contributed by atoms with Gasteiger partial charge in [-0.05, 0) is 31.2 Å². The summed E-state index contributed by atoms with van der Waals surface area (Å²) in [5.41, 5.74) is 0.443. The number of anilines is 1. The van der Waals surface area contributed by atoms with Gasteiger partial charge in [0.15, 0.2) is 21.5 Å². The third-order valence-electron chi connectivity index (χ3n) is 4.97. The van der Waals surface area contributed by atoms with Crippen molar-refractivity contribution < 1.29 is 29.0 Å². The van der Waals surface area contributed by atoms with E-state index in [0.717, 1.165) is 21.7 Å². The van der Waals surface area contributed by atoms with Crippen molar-refractivity contribution in [3.8, 4) is 11.5 Å². The second kappa shape index (κ2) is 10.1. The molecule has 1 fully saturated rings. The minimum Gasteiger partial charge on any atom is -0.504 e. The molecule has 0 unspecified atom stereocenters. The largest absolute Gasteiger partial charge is 0.504 e. The lowest BCUT2D eigenvalue weighted by molar-refractivity contribution is -0.135. The lowest BCUT2D eigenvalue weighted by Gasteiger charge is -2.12. The van der Waals surface area contributed by atoms with E-state index in [1.807, 2.05) is 0 Å². The van der Waals surface area contributed by atoms with Crippen molar-refractivity contribution in [2.75, 3.05) is 18.7 Å². The second-order valence-corrected chi connectivity index (χ2v) is 8.79. The van der Waals surface area contributed by atoms with Crippen LogP contribution >= 0.6 is 24.0 Å². The molecule has 2 aromatic carbocycles. The third kappa shape index (κ3) is 4.68. The van der Waals surface area contributed by atoms with Gasteiger partial charge in [0.1, 0.15) is 0 Å². The highest BCUT2D eigenvalue weighted by Gasteiger charge is 2.39. The zero-order valence-electron chi connectivity index (χ0n) is 18.6. The molecule has 11 heteroatoms. The number of para-hydroxylation sites is 2. The van der Waals surface area contributed by atoms with Crippen molar-refractivity contribution in [3.05, 3.63) is 70.8 Å². The molecule has 4 rings (SSSR count). The maximum Gasteiger partial charge on any atom is 0.359 e. The molecule has 35 heavy (non-hydrogen) atoms. The Hall–Kier alpha value is -3.96. The van der Waals surface area contributed by atoms with E-state index in [0.29, 0.717) is 11.3 Å². The highest BCUT2D eigenvalue weighted by atomic mass is 32.2. The van der Waals surface area contributed by atoms with Gasteiger partial charge in [-0.15, -0.1) is 0 Å². The van der Waals surface area contributed by atoms with Crippen LogP contribution in [-0.2, 0) is 19.1 Å². The minimum absolute atomic E-state index is 0.0818. The summed E-state index contributed by atoms with van der Waals surface area (Å²) in [7, 11) is 1.42. The molecule has 0 bridgehead atoms. The summed E-state index contributed by atoms with van der Waals surface area (Å²) in [5, 5.41) is 15.6. The van der Waals surface area contributed by atoms with Crippen LogP contribution in [0, 0.1) is 0 Å². The number of phenolic OH excluding ortho intramolecular Hbond substituents is 1. The zero-order chi connectivity index (χ0) is 25.1. The third-order valence-corrected chi connectivity index (χ3v) is 6.30. The molecular formula is C24H19N3O6S2. The number of phenols is 1. The molecular weight excluding hydrogens is 490 g/mol. The van der Waals surface area contributed by atoms with Crippen LogP contribution in [0.15, 0.2) is 70.3 Å². The van der Waals surface area contributed by atoms with Crippen LogP contribution in [0.1, 0.15) is 12.5 Å². The number of thiocarbonyl (C=S) groups is 1. The number of thioether (sulfide) groups is 1. The minimum atomic E-state index is -0.798. The van der Waals surface area contributed by atoms with E-state index in [4.69, 9.17) is 21.7 Å². The first-order valence-electron chi connectivity index (χ1n) is 10.4. The van der Waals surface area contributed by atoms with E-state index < -0.39 is 17.8 Å². The number of carbonyl (C=O) groups excluding carboxylic acids is 3. The maximum atomic E-state index is 13.2. The topological polar surface area (TPSA) is 109 Å². The summed E-state index contributed by atoms with van der Waals surface area (Å²) in [6, 6.07) is 13.4. The predicted octanol–water partition coefficient (Wildman–Crippen LogP) is 3.45. The second-order valence-electron chi connectivity index (χ2n) is 7.11. The molecule has 1 saturated heterocycles. The van der Waals surface area contributed by atoms with Crippen molar-refractivity contribution in [2.45, 2.75) is 6.92 Å². The first kappa shape index (κ1) is 24.2. The number of carbonyl (C=O) groups is 3. The smallest absolute Gasteiger partial charge is 0.359 e. The number of hydrogen-bond acceptors (Lipinski definition) is 9. The number of ether oxygens (including phenoxy) is 2. The van der Waals surface area contributed by atoms with Crippen molar-refractivity contribution in [1.29, 1.82) is 0 Å². The van der Waals surface area contributed by atoms with Crippen LogP contribution < -0.4 is 9.75 Å². The molecule has 2 amide bonds. The van der Waals surface area contributed by atoms with Crippen molar-refractivity contribution in [1.82, 2.24) is 4.90 Å². The van der Waals surface area contributed by atoms with E-state index in [1.165, 1.54) is 19.4 Å². The number of nitrogens with zero attached hydrogens (tertiary/aromatic N) is 3. The van der Waals surface area contributed by atoms with Gasteiger partial charge >= 0.3 is 5.97 Å². The Balaban J connectivity index is 1.70. The number of benzene rings is 2. The molecule has 0 aliphatic carbocycles. The van der Waals surface area contributed by atoms with Crippen molar-refractivity contribution in [3.63, 3.8) is 0 Å². The predicted molar refractivity (Wildman–Crippen MR) is 136 cm³/mol. The van der Waals surface area contributed by atoms with E-state index in [1.54, 1.807) is 55.5 Å². The van der Waals surface area contributed by atoms with Gasteiger partial charge in [-0.3, -0.25) is 14.5 Å². The van der Waals surface area contributed by atoms with Gasteiger partial charge in [0, 0.05) is 11.8 Å². The van der Waals surface area contributed by atoms with Gasteiger partial charge in [-0.1, -0.05) is 54.3 Å². The van der Waals surface area contributed by atoms with Gasteiger partial charge in [-0.2, -0.15) is 10.1 Å². The molecule has 0 spiro atoms. The van der Waals surface area contributed by atoms with Gasteiger partial charge in [0.05, 0.1) is 29.9 Å². The number of rotatable bonds is 6. The molecule has 2 heterocycles. The van der Waals surface area contributed by atoms with Crippen LogP contribution in [0.2, 0.25) is 0 Å². The summed E-state index contributed by atoms with van der Waals surface area (Å²) in [4.78, 5) is 40.2. The summed E-state index contributed by atoms with van der Waals surface area (Å²) in [5.74, 6) is -1.80. The fourth-order valence-corrected chi connectivity index (χ4v) is 4.51. The van der Waals surface area contributed by atoms with Crippen LogP contribution in [-0.4, -0.2) is 51.5 Å². The first-order valence-corrected chi connectivity index (χ1v) is 11.6. The zero-order valence-corrected chi connectivity index (χ0v) is 20.3. The maximum absolute atomic E-state index is 13.2. The van der Waals surface area contributed by atoms with Crippen LogP contribution in [0.25, 0.3) is 6.08 Å². The van der Waals surface area contributed by atoms with Gasteiger partial charge in [0.2, 0.25) is 0 Å². The summed E-state index contributed by atoms with van der Waals surface area (Å²) in [6.45, 7) is 1.72. The number of aromatic hydroxyl groups is 1. The number of amides is 2. The number of hydrazone groups is 1. The SMILES string of the molecule is CCOC(=O)C1=NN(c2ccccc2)C(=O)C1=CN1C(=O)/C(=C/c2cccc(OC)c2O)SC1=S. The normalized spacial score (nSPS) is 18.0. The molecule has 2 aromatic rings. The molecule has 2 aliphatic heterocycles. The van der Waals surface area contributed by atoms with E-state index in [2.05, 4.69) is 5.10 Å². The summed E-state index contributed by atoms with van der Waals surface area (Å²) >= 11 is 6.35. The highest BCUT2D eigenvalue weighted by molar-refractivity contribution is 8.26. The molecule has 0 radical (unpaired) electrons. The number of hydrogen-bond donors (Lipinski definition) is 1. The van der Waals surface area contributed by atoms with Crippen LogP contribution in [0.3, 0.4) is 0 Å². The molecule has 0 saturated carbocycles. The van der Waals surface area contributed by atoms with Gasteiger partial charge < -0.3 is 14.6 Å². The van der Waals surface area contributed by atoms with Crippen molar-refractivity contribution in [2.24, 2.45) is 5.10 Å². The summed E-state index contributed by atoms with van der Waals surface area (Å²) in [6.07, 6.45) is 2.67. The molecule has 9 nitrogen and oxygen atoms in total. The average molecular weight is 510 g/mol.